The molecule has 1 N–H and O–H groups in total. The van der Waals surface area contributed by atoms with Crippen LogP contribution in [0.15, 0.2) is 53.4 Å². The quantitative estimate of drug-likeness (QED) is 0.839. The summed E-state index contributed by atoms with van der Waals surface area (Å²) in [6.45, 7) is 4.44. The van der Waals surface area contributed by atoms with Crippen molar-refractivity contribution in [1.29, 1.82) is 0 Å². The standard InChI is InChI=1S/C19H23NO3S/c1-15-7-9-18(10-8-15)24(22,23)14-12-19(21)20-13-11-17-6-4-3-5-16(17)2/h3-10H,11-14H2,1-2H3,(H,20,21). The Kier molecular flexibility index (Phi) is 6.15. The molecule has 2 aromatic carbocycles. The fraction of sp³-hybridized carbons (Fsp3) is 0.316. The number of hydrogen-bond acceptors (Lipinski definition) is 3. The van der Waals surface area contributed by atoms with Crippen LogP contribution < -0.4 is 5.32 Å². The molecule has 0 heterocycles. The van der Waals surface area contributed by atoms with Gasteiger partial charge in [-0.1, -0.05) is 42.0 Å². The van der Waals surface area contributed by atoms with Gasteiger partial charge in [0.25, 0.3) is 0 Å². The van der Waals surface area contributed by atoms with Gasteiger partial charge in [-0.05, 0) is 43.5 Å². The van der Waals surface area contributed by atoms with Crippen molar-refractivity contribution >= 4 is 15.7 Å². The molecule has 1 amide bonds. The molecule has 0 aliphatic rings. The number of carbonyl (C=O) groups is 1. The summed E-state index contributed by atoms with van der Waals surface area (Å²) in [5.74, 6) is -0.411. The fourth-order valence-electron chi connectivity index (χ4n) is 2.41. The van der Waals surface area contributed by atoms with E-state index in [2.05, 4.69) is 5.32 Å². The SMILES string of the molecule is Cc1ccc(S(=O)(=O)CCC(=O)NCCc2ccccc2C)cc1. The number of amides is 1. The third-order valence-electron chi connectivity index (χ3n) is 3.96. The summed E-state index contributed by atoms with van der Waals surface area (Å²) in [6, 6.07) is 14.7. The summed E-state index contributed by atoms with van der Waals surface area (Å²) in [5.41, 5.74) is 3.38. The molecule has 24 heavy (non-hydrogen) atoms. The third kappa shape index (κ3) is 5.20. The van der Waals surface area contributed by atoms with E-state index in [1.54, 1.807) is 24.3 Å². The lowest BCUT2D eigenvalue weighted by atomic mass is 10.1. The zero-order valence-corrected chi connectivity index (χ0v) is 14.9. The maximum atomic E-state index is 12.2. The van der Waals surface area contributed by atoms with E-state index >= 15 is 0 Å². The van der Waals surface area contributed by atoms with Gasteiger partial charge >= 0.3 is 0 Å². The maximum absolute atomic E-state index is 12.2. The summed E-state index contributed by atoms with van der Waals surface area (Å²) in [7, 11) is -3.42. The number of benzene rings is 2. The van der Waals surface area contributed by atoms with Gasteiger partial charge in [-0.2, -0.15) is 0 Å². The molecule has 0 aliphatic carbocycles. The summed E-state index contributed by atoms with van der Waals surface area (Å²) in [5, 5.41) is 2.79. The Hall–Kier alpha value is -2.14. The van der Waals surface area contributed by atoms with Crippen LogP contribution in [-0.2, 0) is 21.1 Å². The largest absolute Gasteiger partial charge is 0.356 e. The smallest absolute Gasteiger partial charge is 0.221 e. The van der Waals surface area contributed by atoms with Gasteiger partial charge in [-0.25, -0.2) is 8.42 Å². The van der Waals surface area contributed by atoms with E-state index in [1.807, 2.05) is 38.1 Å². The molecule has 0 atom stereocenters. The van der Waals surface area contributed by atoms with Gasteiger partial charge in [0, 0.05) is 13.0 Å². The highest BCUT2D eigenvalue weighted by molar-refractivity contribution is 7.91. The molecule has 0 bridgehead atoms. The topological polar surface area (TPSA) is 63.2 Å². The Morgan fingerprint density at radius 3 is 2.33 bits per heavy atom. The Bertz CT molecular complexity index is 796. The molecule has 0 radical (unpaired) electrons. The van der Waals surface area contributed by atoms with Crippen LogP contribution in [0.25, 0.3) is 0 Å². The van der Waals surface area contributed by atoms with E-state index in [1.165, 1.54) is 11.1 Å². The van der Waals surface area contributed by atoms with Gasteiger partial charge in [0.05, 0.1) is 10.6 Å². The molecule has 4 nitrogen and oxygen atoms in total. The number of sulfone groups is 1. The summed E-state index contributed by atoms with van der Waals surface area (Å²) >= 11 is 0. The van der Waals surface area contributed by atoms with Crippen LogP contribution >= 0.6 is 0 Å². The first-order valence-corrected chi connectivity index (χ1v) is 9.64. The average molecular weight is 345 g/mol. The molecule has 5 heteroatoms. The van der Waals surface area contributed by atoms with E-state index in [0.29, 0.717) is 6.54 Å². The van der Waals surface area contributed by atoms with Crippen molar-refractivity contribution in [3.05, 3.63) is 65.2 Å². The van der Waals surface area contributed by atoms with E-state index < -0.39 is 9.84 Å². The van der Waals surface area contributed by atoms with Gasteiger partial charge in [-0.15, -0.1) is 0 Å². The molecule has 0 saturated heterocycles. The first-order valence-electron chi connectivity index (χ1n) is 7.99. The van der Waals surface area contributed by atoms with Crippen LogP contribution in [0.5, 0.6) is 0 Å². The van der Waals surface area contributed by atoms with Crippen molar-refractivity contribution in [1.82, 2.24) is 5.32 Å². The monoisotopic (exact) mass is 345 g/mol. The fourth-order valence-corrected chi connectivity index (χ4v) is 3.65. The van der Waals surface area contributed by atoms with E-state index in [0.717, 1.165) is 12.0 Å². The van der Waals surface area contributed by atoms with Crippen LogP contribution in [0.1, 0.15) is 23.1 Å². The summed E-state index contributed by atoms with van der Waals surface area (Å²) in [6.07, 6.45) is 0.715. The predicted octanol–water partition coefficient (Wildman–Crippen LogP) is 2.83. The van der Waals surface area contributed by atoms with Crippen molar-refractivity contribution in [3.63, 3.8) is 0 Å². The van der Waals surface area contributed by atoms with Crippen LogP contribution in [0.4, 0.5) is 0 Å². The van der Waals surface area contributed by atoms with Crippen molar-refractivity contribution in [3.8, 4) is 0 Å². The third-order valence-corrected chi connectivity index (χ3v) is 5.69. The lowest BCUT2D eigenvalue weighted by molar-refractivity contribution is -0.120. The van der Waals surface area contributed by atoms with Crippen molar-refractivity contribution < 1.29 is 13.2 Å². The Balaban J connectivity index is 1.80. The molecular formula is C19H23NO3S. The van der Waals surface area contributed by atoms with Crippen LogP contribution in [0, 0.1) is 13.8 Å². The number of hydrogen-bond donors (Lipinski definition) is 1. The number of rotatable bonds is 7. The number of aryl methyl sites for hydroxylation is 2. The molecule has 128 valence electrons. The molecule has 0 unspecified atom stereocenters. The highest BCUT2D eigenvalue weighted by Gasteiger charge is 2.16. The highest BCUT2D eigenvalue weighted by Crippen LogP contribution is 2.13. The first kappa shape index (κ1) is 18.2. The summed E-state index contributed by atoms with van der Waals surface area (Å²) in [4.78, 5) is 12.1. The Labute approximate surface area is 143 Å². The minimum Gasteiger partial charge on any atom is -0.356 e. The first-order chi connectivity index (χ1) is 11.4. The number of nitrogens with one attached hydrogen (secondary N) is 1. The van der Waals surface area contributed by atoms with Crippen LogP contribution in [0.3, 0.4) is 0 Å². The van der Waals surface area contributed by atoms with Crippen LogP contribution in [-0.4, -0.2) is 26.6 Å². The second-order valence-electron chi connectivity index (χ2n) is 5.91. The van der Waals surface area contributed by atoms with E-state index in [-0.39, 0.29) is 23.0 Å². The highest BCUT2D eigenvalue weighted by atomic mass is 32.2. The van der Waals surface area contributed by atoms with Gasteiger partial charge < -0.3 is 5.32 Å². The second-order valence-corrected chi connectivity index (χ2v) is 8.02. The normalized spacial score (nSPS) is 11.2. The van der Waals surface area contributed by atoms with Gasteiger partial charge in [0.2, 0.25) is 5.91 Å². The average Bonchev–Trinajstić information content (AvgIpc) is 2.55. The second kappa shape index (κ2) is 8.11. The Morgan fingerprint density at radius 1 is 1.00 bits per heavy atom. The van der Waals surface area contributed by atoms with Crippen molar-refractivity contribution in [2.75, 3.05) is 12.3 Å². The molecule has 2 aromatic rings. The van der Waals surface area contributed by atoms with E-state index in [4.69, 9.17) is 0 Å². The van der Waals surface area contributed by atoms with Crippen LogP contribution in [0.2, 0.25) is 0 Å². The van der Waals surface area contributed by atoms with E-state index in [9.17, 15) is 13.2 Å². The minimum atomic E-state index is -3.42. The molecule has 0 fully saturated rings. The lowest BCUT2D eigenvalue weighted by Crippen LogP contribution is -2.27. The Morgan fingerprint density at radius 2 is 1.67 bits per heavy atom. The molecule has 0 aliphatic heterocycles. The predicted molar refractivity (Wildman–Crippen MR) is 95.7 cm³/mol. The van der Waals surface area contributed by atoms with Gasteiger partial charge in [-0.3, -0.25) is 4.79 Å². The molecule has 0 saturated carbocycles. The van der Waals surface area contributed by atoms with Gasteiger partial charge in [0.15, 0.2) is 9.84 Å². The molecule has 0 spiro atoms. The lowest BCUT2D eigenvalue weighted by Gasteiger charge is -2.08. The van der Waals surface area contributed by atoms with Crippen molar-refractivity contribution in [2.24, 2.45) is 0 Å². The zero-order chi connectivity index (χ0) is 17.6. The maximum Gasteiger partial charge on any atom is 0.221 e. The van der Waals surface area contributed by atoms with Gasteiger partial charge in [0.1, 0.15) is 0 Å². The summed E-state index contributed by atoms with van der Waals surface area (Å²) < 4.78 is 24.4. The van der Waals surface area contributed by atoms with Crippen molar-refractivity contribution in [2.45, 2.75) is 31.6 Å². The molecule has 2 rings (SSSR count). The zero-order valence-electron chi connectivity index (χ0n) is 14.1. The number of carbonyl (C=O) groups excluding carboxylic acids is 1. The minimum absolute atomic E-state index is 0.0238. The molecule has 0 aromatic heterocycles. The molecular weight excluding hydrogens is 322 g/mol.